The Balaban J connectivity index is 2.00. The van der Waals surface area contributed by atoms with Crippen molar-refractivity contribution in [2.24, 2.45) is 0 Å². The Morgan fingerprint density at radius 1 is 1.26 bits per heavy atom. The van der Waals surface area contributed by atoms with Crippen molar-refractivity contribution in [1.82, 2.24) is 4.90 Å². The molecule has 0 fully saturated rings. The third kappa shape index (κ3) is 1.97. The van der Waals surface area contributed by atoms with Gasteiger partial charge in [0, 0.05) is 30.0 Å². The van der Waals surface area contributed by atoms with Gasteiger partial charge in [0.25, 0.3) is 0 Å². The number of hydrogen-bond donors (Lipinski definition) is 0. The summed E-state index contributed by atoms with van der Waals surface area (Å²) >= 11 is 0. The van der Waals surface area contributed by atoms with E-state index >= 15 is 0 Å². The number of hydrogen-bond acceptors (Lipinski definition) is 4. The Morgan fingerprint density at radius 2 is 2.09 bits per heavy atom. The van der Waals surface area contributed by atoms with E-state index in [2.05, 4.69) is 24.1 Å². The Kier molecular flexibility index (Phi) is 3.27. The molecule has 2 atom stereocenters. The zero-order valence-electron chi connectivity index (χ0n) is 14.0. The van der Waals surface area contributed by atoms with Gasteiger partial charge in [0.2, 0.25) is 0 Å². The van der Waals surface area contributed by atoms with Gasteiger partial charge in [-0.15, -0.1) is 0 Å². The van der Waals surface area contributed by atoms with Crippen molar-refractivity contribution < 1.29 is 14.3 Å². The molecule has 1 aromatic rings. The number of allylic oxidation sites excluding steroid dienone is 2. The molecule has 0 bridgehead atoms. The second-order valence-corrected chi connectivity index (χ2v) is 6.97. The van der Waals surface area contributed by atoms with E-state index in [-0.39, 0.29) is 11.2 Å². The zero-order valence-corrected chi connectivity index (χ0v) is 14.0. The maximum Gasteiger partial charge on any atom is 0.165 e. The Hall–Kier alpha value is -1.81. The van der Waals surface area contributed by atoms with Crippen molar-refractivity contribution in [2.75, 3.05) is 27.8 Å². The largest absolute Gasteiger partial charge is 0.493 e. The topological polar surface area (TPSA) is 38.8 Å². The van der Waals surface area contributed by atoms with Crippen LogP contribution in [0.25, 0.3) is 0 Å². The SMILES string of the molecule is COc1cc2c3c(c1OC)[C@]1(C=CC(=O)CC1)C[C@@H]3N(C)CC2. The third-order valence-electron chi connectivity index (χ3n) is 5.86. The Morgan fingerprint density at radius 3 is 2.74 bits per heavy atom. The van der Waals surface area contributed by atoms with Gasteiger partial charge in [0.1, 0.15) is 0 Å². The van der Waals surface area contributed by atoms with E-state index in [1.54, 1.807) is 20.3 Å². The van der Waals surface area contributed by atoms with Crippen LogP contribution in [0.3, 0.4) is 0 Å². The van der Waals surface area contributed by atoms with Gasteiger partial charge in [-0.05, 0) is 49.6 Å². The lowest BCUT2D eigenvalue weighted by Crippen LogP contribution is -2.31. The molecule has 23 heavy (non-hydrogen) atoms. The number of benzene rings is 1. The number of carbonyl (C=O) groups is 1. The maximum absolute atomic E-state index is 11.7. The van der Waals surface area contributed by atoms with Crippen molar-refractivity contribution in [3.8, 4) is 11.5 Å². The first-order valence-electron chi connectivity index (χ1n) is 8.30. The third-order valence-corrected chi connectivity index (χ3v) is 5.86. The van der Waals surface area contributed by atoms with Crippen molar-refractivity contribution >= 4 is 5.78 Å². The van der Waals surface area contributed by atoms with Crippen LogP contribution >= 0.6 is 0 Å². The van der Waals surface area contributed by atoms with Crippen molar-refractivity contribution in [3.05, 3.63) is 34.9 Å². The van der Waals surface area contributed by atoms with Gasteiger partial charge in [-0.1, -0.05) is 6.08 Å². The lowest BCUT2D eigenvalue weighted by atomic mass is 9.73. The van der Waals surface area contributed by atoms with E-state index in [1.807, 2.05) is 0 Å². The number of rotatable bonds is 2. The van der Waals surface area contributed by atoms with Crippen LogP contribution in [0.2, 0.25) is 0 Å². The van der Waals surface area contributed by atoms with E-state index in [9.17, 15) is 4.79 Å². The summed E-state index contributed by atoms with van der Waals surface area (Å²) in [7, 11) is 5.61. The van der Waals surface area contributed by atoms with E-state index in [0.717, 1.165) is 37.3 Å². The molecule has 1 aromatic carbocycles. The number of ether oxygens (including phenoxy) is 2. The molecule has 0 amide bonds. The van der Waals surface area contributed by atoms with Gasteiger partial charge >= 0.3 is 0 Å². The molecule has 4 nitrogen and oxygen atoms in total. The fraction of sp³-hybridized carbons (Fsp3) is 0.526. The van der Waals surface area contributed by atoms with Crippen LogP contribution in [0.15, 0.2) is 18.2 Å². The van der Waals surface area contributed by atoms with Gasteiger partial charge < -0.3 is 9.47 Å². The van der Waals surface area contributed by atoms with Gasteiger partial charge in [-0.2, -0.15) is 0 Å². The lowest BCUT2D eigenvalue weighted by Gasteiger charge is -2.32. The molecule has 4 heteroatoms. The van der Waals surface area contributed by atoms with Gasteiger partial charge in [-0.25, -0.2) is 0 Å². The molecule has 1 spiro atoms. The Labute approximate surface area is 137 Å². The molecule has 122 valence electrons. The summed E-state index contributed by atoms with van der Waals surface area (Å²) in [6.07, 6.45) is 7.44. The highest BCUT2D eigenvalue weighted by atomic mass is 16.5. The van der Waals surface area contributed by atoms with Crippen LogP contribution < -0.4 is 9.47 Å². The second kappa shape index (κ2) is 5.10. The molecule has 0 saturated carbocycles. The van der Waals surface area contributed by atoms with Crippen LogP contribution in [-0.2, 0) is 16.6 Å². The van der Waals surface area contributed by atoms with Crippen LogP contribution in [0.1, 0.15) is 42.0 Å². The molecule has 0 saturated heterocycles. The first-order chi connectivity index (χ1) is 11.1. The highest BCUT2D eigenvalue weighted by molar-refractivity contribution is 5.91. The summed E-state index contributed by atoms with van der Waals surface area (Å²) in [5.41, 5.74) is 3.95. The fourth-order valence-electron chi connectivity index (χ4n) is 4.67. The van der Waals surface area contributed by atoms with E-state index < -0.39 is 0 Å². The lowest BCUT2D eigenvalue weighted by molar-refractivity contribution is -0.115. The van der Waals surface area contributed by atoms with Gasteiger partial charge in [0.15, 0.2) is 17.3 Å². The number of fused-ring (bicyclic) bond motifs is 1. The summed E-state index contributed by atoms with van der Waals surface area (Å²) in [5.74, 6) is 1.89. The molecular weight excluding hydrogens is 290 g/mol. The van der Waals surface area contributed by atoms with Crippen LogP contribution in [-0.4, -0.2) is 38.5 Å². The summed E-state index contributed by atoms with van der Waals surface area (Å²) in [6.45, 7) is 1.06. The number of likely N-dealkylation sites (N-methyl/N-ethyl adjacent to an activating group) is 1. The minimum atomic E-state index is -0.0961. The predicted molar refractivity (Wildman–Crippen MR) is 88.3 cm³/mol. The smallest absolute Gasteiger partial charge is 0.165 e. The first-order valence-corrected chi connectivity index (χ1v) is 8.30. The van der Waals surface area contributed by atoms with Crippen LogP contribution in [0.5, 0.6) is 11.5 Å². The molecule has 1 aliphatic heterocycles. The van der Waals surface area contributed by atoms with E-state index in [4.69, 9.17) is 9.47 Å². The molecule has 0 N–H and O–H groups in total. The Bertz CT molecular complexity index is 709. The molecule has 2 aliphatic carbocycles. The quantitative estimate of drug-likeness (QED) is 0.841. The van der Waals surface area contributed by atoms with Crippen molar-refractivity contribution in [2.45, 2.75) is 37.1 Å². The standard InChI is InChI=1S/C19H23NO3/c1-20-9-6-12-10-15(22-2)18(23-3)17-16(12)14(20)11-19(17)7-4-13(21)5-8-19/h4,7,10,14H,5-6,8-9,11H2,1-3H3/t14-,19-/m0/s1. The van der Waals surface area contributed by atoms with E-state index in [1.165, 1.54) is 16.7 Å². The molecule has 0 radical (unpaired) electrons. The zero-order chi connectivity index (χ0) is 16.2. The average Bonchev–Trinajstić information content (AvgIpc) is 2.90. The highest BCUT2D eigenvalue weighted by Gasteiger charge is 2.49. The normalized spacial score (nSPS) is 29.0. The predicted octanol–water partition coefficient (Wildman–Crippen LogP) is 2.79. The summed E-state index contributed by atoms with van der Waals surface area (Å²) in [4.78, 5) is 14.2. The summed E-state index contributed by atoms with van der Waals surface area (Å²) < 4.78 is 11.4. The van der Waals surface area contributed by atoms with Crippen LogP contribution in [0, 0.1) is 0 Å². The van der Waals surface area contributed by atoms with Gasteiger partial charge in [0.05, 0.1) is 14.2 Å². The van der Waals surface area contributed by atoms with Gasteiger partial charge in [-0.3, -0.25) is 9.69 Å². The molecule has 0 unspecified atom stereocenters. The molecule has 4 rings (SSSR count). The van der Waals surface area contributed by atoms with Crippen LogP contribution in [0.4, 0.5) is 0 Å². The van der Waals surface area contributed by atoms with E-state index in [0.29, 0.717) is 12.5 Å². The van der Waals surface area contributed by atoms with Crippen molar-refractivity contribution in [3.63, 3.8) is 0 Å². The number of nitrogens with zero attached hydrogens (tertiary/aromatic N) is 1. The number of methoxy groups -OCH3 is 2. The second-order valence-electron chi connectivity index (χ2n) is 6.97. The van der Waals surface area contributed by atoms with Crippen molar-refractivity contribution in [1.29, 1.82) is 0 Å². The number of ketones is 1. The first kappa shape index (κ1) is 14.8. The molecular formula is C19H23NO3. The minimum absolute atomic E-state index is 0.0961. The molecule has 3 aliphatic rings. The fourth-order valence-corrected chi connectivity index (χ4v) is 4.67. The molecule has 0 aromatic heterocycles. The highest BCUT2D eigenvalue weighted by Crippen LogP contribution is 2.59. The number of carbonyl (C=O) groups excluding carboxylic acids is 1. The summed E-state index contributed by atoms with van der Waals surface area (Å²) in [5, 5.41) is 0. The average molecular weight is 313 g/mol. The summed E-state index contributed by atoms with van der Waals surface area (Å²) in [6, 6.07) is 2.56. The minimum Gasteiger partial charge on any atom is -0.493 e. The maximum atomic E-state index is 11.7. The molecule has 1 heterocycles. The monoisotopic (exact) mass is 313 g/mol.